The van der Waals surface area contributed by atoms with Crippen molar-refractivity contribution < 1.29 is 18.7 Å². The second-order valence-corrected chi connectivity index (χ2v) is 9.66. The zero-order valence-corrected chi connectivity index (χ0v) is 19.7. The molecule has 1 aliphatic carbocycles. The van der Waals surface area contributed by atoms with E-state index in [0.717, 1.165) is 5.56 Å². The normalized spacial score (nSPS) is 22.8. The molecule has 0 spiro atoms. The van der Waals surface area contributed by atoms with Crippen LogP contribution in [0.25, 0.3) is 0 Å². The molecule has 3 atom stereocenters. The highest BCUT2D eigenvalue weighted by molar-refractivity contribution is 6.30. The number of halogens is 2. The predicted octanol–water partition coefficient (Wildman–Crippen LogP) is 6.25. The summed E-state index contributed by atoms with van der Waals surface area (Å²) in [5, 5.41) is 0.640. The van der Waals surface area contributed by atoms with Crippen LogP contribution >= 0.6 is 11.6 Å². The molecule has 2 aromatic carbocycles. The molecule has 0 saturated heterocycles. The molecular formula is C27H27ClFNO3. The number of allylic oxidation sites excluding steroid dienone is 2. The minimum Gasteiger partial charge on any atom is -0.465 e. The van der Waals surface area contributed by atoms with Gasteiger partial charge in [0.2, 0.25) is 0 Å². The molecule has 1 unspecified atom stereocenters. The Balaban J connectivity index is 1.76. The summed E-state index contributed by atoms with van der Waals surface area (Å²) in [6.07, 6.45) is 0.869. The Kier molecular flexibility index (Phi) is 6.80. The minimum absolute atomic E-state index is 0.0253. The fourth-order valence-corrected chi connectivity index (χ4v) is 4.86. The van der Waals surface area contributed by atoms with Crippen LogP contribution in [0.1, 0.15) is 56.6 Å². The fraction of sp³-hybridized carbons (Fsp3) is 0.370. The molecule has 0 amide bonds. The second-order valence-electron chi connectivity index (χ2n) is 9.23. The van der Waals surface area contributed by atoms with Gasteiger partial charge in [-0.15, -0.1) is 0 Å². The number of Topliss-reactive ketones (excluding diaryl/α,β-unsaturated/α-hetero) is 1. The van der Waals surface area contributed by atoms with E-state index in [2.05, 4.69) is 0 Å². The van der Waals surface area contributed by atoms with E-state index in [9.17, 15) is 14.0 Å². The van der Waals surface area contributed by atoms with E-state index in [4.69, 9.17) is 21.3 Å². The van der Waals surface area contributed by atoms with Crippen molar-refractivity contribution in [1.29, 1.82) is 0 Å². The zero-order chi connectivity index (χ0) is 23.7. The molecule has 4 nitrogen and oxygen atoms in total. The highest BCUT2D eigenvalue weighted by Crippen LogP contribution is 2.47. The van der Waals surface area contributed by atoms with Crippen LogP contribution in [0.3, 0.4) is 0 Å². The Bertz CT molecular complexity index is 1140. The van der Waals surface area contributed by atoms with Crippen LogP contribution in [0.2, 0.25) is 5.02 Å². The number of nitrogens with zero attached hydrogens (tertiary/aromatic N) is 1. The number of esters is 1. The molecule has 2 aromatic rings. The van der Waals surface area contributed by atoms with Crippen molar-refractivity contribution >= 4 is 29.1 Å². The van der Waals surface area contributed by atoms with Gasteiger partial charge in [-0.1, -0.05) is 49.7 Å². The molecule has 0 radical (unpaired) electrons. The molecule has 1 aliphatic heterocycles. The first-order chi connectivity index (χ1) is 15.7. The Morgan fingerprint density at radius 2 is 1.88 bits per heavy atom. The number of ketones is 1. The summed E-state index contributed by atoms with van der Waals surface area (Å²) in [4.78, 5) is 31.4. The molecule has 1 heterocycles. The number of carbonyl (C=O) groups is 2. The lowest BCUT2D eigenvalue weighted by Gasteiger charge is -2.36. The number of hydrogen-bond donors (Lipinski definition) is 0. The van der Waals surface area contributed by atoms with E-state index in [0.29, 0.717) is 40.4 Å². The number of benzene rings is 2. The average Bonchev–Trinajstić information content (AvgIpc) is 2.76. The summed E-state index contributed by atoms with van der Waals surface area (Å²) in [6, 6.07) is 13.6. The molecule has 2 aliphatic rings. The van der Waals surface area contributed by atoms with Crippen molar-refractivity contribution in [2.24, 2.45) is 16.8 Å². The largest absolute Gasteiger partial charge is 0.465 e. The number of aliphatic imine (C=N–C) groups is 1. The van der Waals surface area contributed by atoms with Gasteiger partial charge >= 0.3 is 5.97 Å². The molecule has 4 rings (SSSR count). The molecule has 0 fully saturated rings. The maximum Gasteiger partial charge on any atom is 0.315 e. The van der Waals surface area contributed by atoms with Gasteiger partial charge in [0.05, 0.1) is 6.61 Å². The first-order valence-electron chi connectivity index (χ1n) is 11.2. The van der Waals surface area contributed by atoms with Crippen LogP contribution in [-0.4, -0.2) is 24.1 Å². The van der Waals surface area contributed by atoms with Crippen molar-refractivity contribution in [2.45, 2.75) is 45.4 Å². The van der Waals surface area contributed by atoms with Crippen molar-refractivity contribution in [3.8, 4) is 0 Å². The molecule has 172 valence electrons. The van der Waals surface area contributed by atoms with Crippen LogP contribution < -0.4 is 0 Å². The van der Waals surface area contributed by atoms with Crippen molar-refractivity contribution in [3.63, 3.8) is 0 Å². The quantitative estimate of drug-likeness (QED) is 0.488. The van der Waals surface area contributed by atoms with Gasteiger partial charge in [-0.25, -0.2) is 4.39 Å². The lowest BCUT2D eigenvalue weighted by atomic mass is 9.69. The first kappa shape index (κ1) is 23.4. The van der Waals surface area contributed by atoms with E-state index in [-0.39, 0.29) is 24.2 Å². The van der Waals surface area contributed by atoms with Gasteiger partial charge in [-0.2, -0.15) is 0 Å². The minimum atomic E-state index is -0.764. The van der Waals surface area contributed by atoms with E-state index >= 15 is 0 Å². The summed E-state index contributed by atoms with van der Waals surface area (Å²) in [5.41, 5.74) is 3.37. The summed E-state index contributed by atoms with van der Waals surface area (Å²) in [5.74, 6) is -2.14. The lowest BCUT2D eigenvalue weighted by Crippen LogP contribution is -2.38. The SMILES string of the molecule is CC1=NC2=C(C(=O)C[C@@H](c3ccc(Cl)cc3)C2)[C@H](c2cccc(F)c2)C1C(=O)OCC(C)C. The van der Waals surface area contributed by atoms with Crippen LogP contribution in [0.5, 0.6) is 0 Å². The Morgan fingerprint density at radius 1 is 1.15 bits per heavy atom. The van der Waals surface area contributed by atoms with Crippen molar-refractivity contribution in [1.82, 2.24) is 0 Å². The number of rotatable bonds is 5. The van der Waals surface area contributed by atoms with Crippen molar-refractivity contribution in [3.05, 3.63) is 81.8 Å². The fourth-order valence-electron chi connectivity index (χ4n) is 4.73. The maximum atomic E-state index is 14.2. The van der Waals surface area contributed by atoms with Crippen LogP contribution in [0.15, 0.2) is 64.8 Å². The second kappa shape index (κ2) is 9.60. The third-order valence-corrected chi connectivity index (χ3v) is 6.50. The maximum absolute atomic E-state index is 14.2. The van der Waals surface area contributed by atoms with Gasteiger partial charge in [0.1, 0.15) is 11.7 Å². The Labute approximate surface area is 198 Å². The predicted molar refractivity (Wildman–Crippen MR) is 127 cm³/mol. The molecule has 0 saturated carbocycles. The topological polar surface area (TPSA) is 55.7 Å². The van der Waals surface area contributed by atoms with E-state index in [1.54, 1.807) is 19.1 Å². The van der Waals surface area contributed by atoms with E-state index in [1.807, 2.05) is 38.1 Å². The van der Waals surface area contributed by atoms with Crippen LogP contribution in [0.4, 0.5) is 4.39 Å². The molecule has 0 N–H and O–H groups in total. The highest BCUT2D eigenvalue weighted by Gasteiger charge is 2.44. The van der Waals surface area contributed by atoms with Crippen LogP contribution in [-0.2, 0) is 14.3 Å². The molecule has 33 heavy (non-hydrogen) atoms. The van der Waals surface area contributed by atoms with E-state index < -0.39 is 23.6 Å². The van der Waals surface area contributed by atoms with E-state index in [1.165, 1.54) is 12.1 Å². The Hall–Kier alpha value is -2.79. The smallest absolute Gasteiger partial charge is 0.315 e. The zero-order valence-electron chi connectivity index (χ0n) is 19.0. The average molecular weight is 468 g/mol. The standard InChI is InChI=1S/C27H27ClFNO3/c1-15(2)14-33-27(32)24-16(3)30-22-12-19(17-7-9-20(28)10-8-17)13-23(31)26(22)25(24)18-5-4-6-21(29)11-18/h4-11,15,19,24-25H,12-14H2,1-3H3/t19-,24?,25+/m0/s1. The van der Waals surface area contributed by atoms with Gasteiger partial charge in [0.15, 0.2) is 5.78 Å². The highest BCUT2D eigenvalue weighted by atomic mass is 35.5. The summed E-state index contributed by atoms with van der Waals surface area (Å²) in [7, 11) is 0. The number of carbonyl (C=O) groups excluding carboxylic acids is 2. The monoisotopic (exact) mass is 467 g/mol. The van der Waals surface area contributed by atoms with Crippen LogP contribution in [0, 0.1) is 17.7 Å². The third kappa shape index (κ3) is 4.93. The lowest BCUT2D eigenvalue weighted by molar-refractivity contribution is -0.147. The molecule has 0 bridgehead atoms. The van der Waals surface area contributed by atoms with Gasteiger partial charge in [0.25, 0.3) is 0 Å². The number of ether oxygens (including phenoxy) is 1. The summed E-state index contributed by atoms with van der Waals surface area (Å²) >= 11 is 6.03. The summed E-state index contributed by atoms with van der Waals surface area (Å²) < 4.78 is 19.7. The van der Waals surface area contributed by atoms with Gasteiger partial charge < -0.3 is 4.74 Å². The Morgan fingerprint density at radius 3 is 2.55 bits per heavy atom. The van der Waals surface area contributed by atoms with Gasteiger partial charge in [0, 0.05) is 34.3 Å². The first-order valence-corrected chi connectivity index (χ1v) is 11.6. The molecule has 0 aromatic heterocycles. The number of hydrogen-bond acceptors (Lipinski definition) is 4. The molecule has 6 heteroatoms. The van der Waals surface area contributed by atoms with Gasteiger partial charge in [-0.3, -0.25) is 14.6 Å². The third-order valence-electron chi connectivity index (χ3n) is 6.25. The molecular weight excluding hydrogens is 441 g/mol. The summed E-state index contributed by atoms with van der Waals surface area (Å²) in [6.45, 7) is 5.98. The van der Waals surface area contributed by atoms with Gasteiger partial charge in [-0.05, 0) is 60.6 Å². The van der Waals surface area contributed by atoms with Crippen molar-refractivity contribution in [2.75, 3.05) is 6.61 Å².